The molecule has 2 nitrogen and oxygen atoms in total. The fourth-order valence-electron chi connectivity index (χ4n) is 6.52. The van der Waals surface area contributed by atoms with Gasteiger partial charge in [-0.25, -0.2) is 8.78 Å². The summed E-state index contributed by atoms with van der Waals surface area (Å²) in [7, 11) is 0. The highest BCUT2D eigenvalue weighted by Gasteiger charge is 2.22. The Morgan fingerprint density at radius 3 is 1.02 bits per heavy atom. The lowest BCUT2D eigenvalue weighted by atomic mass is 9.93. The Balaban J connectivity index is 1.48. The zero-order chi connectivity index (χ0) is 31.0. The largest absolute Gasteiger partial charge is 0.310 e. The normalized spacial score (nSPS) is 11.3. The van der Waals surface area contributed by atoms with Crippen molar-refractivity contribution in [1.82, 2.24) is 0 Å². The second-order valence-corrected chi connectivity index (χ2v) is 11.3. The lowest BCUT2D eigenvalue weighted by Gasteiger charge is -2.29. The number of halogens is 2. The zero-order valence-electron chi connectivity index (χ0n) is 24.8. The predicted octanol–water partition coefficient (Wildman–Crippen LogP) is 12.4. The molecule has 0 aliphatic rings. The molecule has 0 heterocycles. The number of para-hydroxylation sites is 2. The summed E-state index contributed by atoms with van der Waals surface area (Å²) in [5, 5.41) is 6.32. The average Bonchev–Trinajstić information content (AvgIpc) is 3.10. The Hall–Kier alpha value is -6.00. The summed E-state index contributed by atoms with van der Waals surface area (Å²) in [6, 6.07) is 54.7. The number of benzene rings is 8. The molecule has 8 rings (SSSR count). The molecule has 0 amide bonds. The van der Waals surface area contributed by atoms with E-state index in [0.717, 1.165) is 66.4 Å². The van der Waals surface area contributed by atoms with Crippen LogP contribution in [-0.2, 0) is 0 Å². The Morgan fingerprint density at radius 1 is 0.283 bits per heavy atom. The van der Waals surface area contributed by atoms with E-state index in [2.05, 4.69) is 58.3 Å². The molecule has 0 N–H and O–H groups in total. The van der Waals surface area contributed by atoms with Crippen molar-refractivity contribution in [3.8, 4) is 0 Å². The molecule has 0 fully saturated rings. The van der Waals surface area contributed by atoms with Crippen molar-refractivity contribution in [2.45, 2.75) is 0 Å². The minimum Gasteiger partial charge on any atom is -0.310 e. The van der Waals surface area contributed by atoms with E-state index < -0.39 is 0 Å². The summed E-state index contributed by atoms with van der Waals surface area (Å²) >= 11 is 0. The van der Waals surface area contributed by atoms with E-state index in [9.17, 15) is 8.78 Å². The minimum atomic E-state index is -0.294. The van der Waals surface area contributed by atoms with Crippen molar-refractivity contribution in [2.24, 2.45) is 0 Å². The van der Waals surface area contributed by atoms with Gasteiger partial charge in [0, 0.05) is 33.5 Å². The van der Waals surface area contributed by atoms with E-state index in [1.807, 2.05) is 84.9 Å². The minimum absolute atomic E-state index is 0.294. The van der Waals surface area contributed by atoms with Crippen LogP contribution in [-0.4, -0.2) is 0 Å². The molecular formula is C42H28F2N2. The first-order chi connectivity index (χ1) is 22.7. The van der Waals surface area contributed by atoms with Gasteiger partial charge in [0.1, 0.15) is 11.6 Å². The molecule has 8 aromatic rings. The molecule has 0 aromatic heterocycles. The van der Waals surface area contributed by atoms with E-state index in [-0.39, 0.29) is 11.6 Å². The summed E-state index contributed by atoms with van der Waals surface area (Å²) in [5.41, 5.74) is 5.22. The van der Waals surface area contributed by atoms with Gasteiger partial charge in [0.2, 0.25) is 0 Å². The topological polar surface area (TPSA) is 6.48 Å². The summed E-state index contributed by atoms with van der Waals surface area (Å²) < 4.78 is 29.4. The maximum atomic E-state index is 14.7. The van der Waals surface area contributed by atoms with Crippen LogP contribution in [0.3, 0.4) is 0 Å². The van der Waals surface area contributed by atoms with Gasteiger partial charge in [-0.3, -0.25) is 0 Å². The van der Waals surface area contributed by atoms with Crippen LogP contribution in [0.1, 0.15) is 0 Å². The van der Waals surface area contributed by atoms with Crippen LogP contribution in [0.2, 0.25) is 0 Å². The second kappa shape index (κ2) is 11.5. The number of anilines is 6. The summed E-state index contributed by atoms with van der Waals surface area (Å²) in [4.78, 5) is 4.24. The second-order valence-electron chi connectivity index (χ2n) is 11.3. The first-order valence-electron chi connectivity index (χ1n) is 15.2. The quantitative estimate of drug-likeness (QED) is 0.176. The molecule has 46 heavy (non-hydrogen) atoms. The van der Waals surface area contributed by atoms with E-state index in [1.54, 1.807) is 24.3 Å². The molecule has 4 heteroatoms. The lowest BCUT2D eigenvalue weighted by molar-refractivity contribution is 0.627. The summed E-state index contributed by atoms with van der Waals surface area (Å²) in [6.07, 6.45) is 0. The van der Waals surface area contributed by atoms with Crippen molar-refractivity contribution in [2.75, 3.05) is 9.80 Å². The Labute approximate surface area is 266 Å². The number of hydrogen-bond acceptors (Lipinski definition) is 2. The van der Waals surface area contributed by atoms with Crippen molar-refractivity contribution < 1.29 is 8.78 Å². The zero-order valence-corrected chi connectivity index (χ0v) is 24.8. The summed E-state index contributed by atoms with van der Waals surface area (Å²) in [6.45, 7) is 0. The highest BCUT2D eigenvalue weighted by atomic mass is 19.1. The smallest absolute Gasteiger partial charge is 0.125 e. The van der Waals surface area contributed by atoms with Crippen LogP contribution >= 0.6 is 0 Å². The van der Waals surface area contributed by atoms with Crippen LogP contribution in [0.25, 0.3) is 32.3 Å². The Kier molecular flexibility index (Phi) is 6.88. The van der Waals surface area contributed by atoms with Crippen LogP contribution < -0.4 is 9.80 Å². The van der Waals surface area contributed by atoms with Gasteiger partial charge in [-0.15, -0.1) is 0 Å². The molecule has 220 valence electrons. The first-order valence-corrected chi connectivity index (χ1v) is 15.2. The van der Waals surface area contributed by atoms with Crippen molar-refractivity contribution in [1.29, 1.82) is 0 Å². The van der Waals surface area contributed by atoms with Gasteiger partial charge in [-0.2, -0.15) is 0 Å². The monoisotopic (exact) mass is 598 g/mol. The molecule has 8 aromatic carbocycles. The highest BCUT2D eigenvalue weighted by Crippen LogP contribution is 2.47. The van der Waals surface area contributed by atoms with Crippen LogP contribution in [0.4, 0.5) is 42.9 Å². The molecule has 0 radical (unpaired) electrons. The van der Waals surface area contributed by atoms with Crippen LogP contribution in [0, 0.1) is 11.6 Å². The number of nitrogens with zero attached hydrogens (tertiary/aromatic N) is 2. The van der Waals surface area contributed by atoms with Gasteiger partial charge in [-0.05, 0) is 94.3 Å². The number of hydrogen-bond donors (Lipinski definition) is 0. The van der Waals surface area contributed by atoms with E-state index >= 15 is 0 Å². The molecular weight excluding hydrogens is 570 g/mol. The maximum Gasteiger partial charge on any atom is 0.125 e. The van der Waals surface area contributed by atoms with Gasteiger partial charge >= 0.3 is 0 Å². The fourth-order valence-corrected chi connectivity index (χ4v) is 6.52. The predicted molar refractivity (Wildman–Crippen MR) is 188 cm³/mol. The molecule has 0 saturated heterocycles. The van der Waals surface area contributed by atoms with E-state index in [4.69, 9.17) is 0 Å². The first kappa shape index (κ1) is 27.5. The van der Waals surface area contributed by atoms with E-state index in [0.29, 0.717) is 0 Å². The maximum absolute atomic E-state index is 14.7. The molecule has 0 saturated carbocycles. The van der Waals surface area contributed by atoms with Crippen LogP contribution in [0.15, 0.2) is 170 Å². The van der Waals surface area contributed by atoms with E-state index in [1.165, 1.54) is 12.1 Å². The van der Waals surface area contributed by atoms with Gasteiger partial charge < -0.3 is 9.80 Å². The molecule has 0 spiro atoms. The number of fused-ring (bicyclic) bond motifs is 5. The highest BCUT2D eigenvalue weighted by molar-refractivity contribution is 6.24. The third-order valence-electron chi connectivity index (χ3n) is 8.48. The summed E-state index contributed by atoms with van der Waals surface area (Å²) in [5.74, 6) is -0.589. The molecule has 0 atom stereocenters. The van der Waals surface area contributed by atoms with Crippen molar-refractivity contribution in [3.63, 3.8) is 0 Å². The SMILES string of the molecule is Fc1cccc(N(c2ccccc2)c2cc3c4ccccc4c(N(c4ccccc4)c4cccc(F)c4)cc3c3ccccc23)c1. The van der Waals surface area contributed by atoms with Crippen molar-refractivity contribution in [3.05, 3.63) is 181 Å². The third kappa shape index (κ3) is 4.81. The van der Waals surface area contributed by atoms with Gasteiger partial charge in [-0.1, -0.05) is 97.1 Å². The Morgan fingerprint density at radius 2 is 0.630 bits per heavy atom. The van der Waals surface area contributed by atoms with Gasteiger partial charge in [0.25, 0.3) is 0 Å². The van der Waals surface area contributed by atoms with Crippen molar-refractivity contribution >= 4 is 66.4 Å². The van der Waals surface area contributed by atoms with Crippen LogP contribution in [0.5, 0.6) is 0 Å². The lowest BCUT2D eigenvalue weighted by Crippen LogP contribution is -2.12. The average molecular weight is 599 g/mol. The Bertz CT molecular complexity index is 2190. The fraction of sp³-hybridized carbons (Fsp3) is 0. The molecule has 0 bridgehead atoms. The molecule has 0 aliphatic carbocycles. The number of rotatable bonds is 6. The third-order valence-corrected chi connectivity index (χ3v) is 8.48. The van der Waals surface area contributed by atoms with Gasteiger partial charge in [0.05, 0.1) is 11.4 Å². The van der Waals surface area contributed by atoms with Gasteiger partial charge in [0.15, 0.2) is 0 Å². The molecule has 0 unspecified atom stereocenters. The molecule has 0 aliphatic heterocycles. The standard InChI is InChI=1S/C42H28F2N2/c43-29-13-11-19-33(25-29)45(31-15-3-1-4-16-31)41-27-39-36-22-8-10-24-38(36)42(28-40(39)35-21-7-9-23-37(35)41)46(32-17-5-2-6-18-32)34-20-12-14-30(44)26-34/h1-28H.